The van der Waals surface area contributed by atoms with Crippen molar-refractivity contribution >= 4 is 23.2 Å². The number of hydrogen-bond acceptors (Lipinski definition) is 5. The largest absolute Gasteiger partial charge is 0.439 e. The zero-order chi connectivity index (χ0) is 16.4. The quantitative estimate of drug-likeness (QED) is 0.763. The van der Waals surface area contributed by atoms with Gasteiger partial charge in [-0.2, -0.15) is 0 Å². The first kappa shape index (κ1) is 16.0. The summed E-state index contributed by atoms with van der Waals surface area (Å²) in [5.74, 6) is 1.07. The Balaban J connectivity index is 1.77. The lowest BCUT2D eigenvalue weighted by atomic mass is 10.2. The molecule has 6 nitrogen and oxygen atoms in total. The van der Waals surface area contributed by atoms with Gasteiger partial charge in [0.2, 0.25) is 5.89 Å². The first-order chi connectivity index (χ1) is 11.0. The standard InChI is InChI=1S/C15H15Cl2N5O/c1-9(18)5-10-7-22(21-20-10)8-14-19-6-13(23-14)11-3-2-4-12(16)15(11)17/h2-4,6-7,9H,5,8,18H2,1H3. The van der Waals surface area contributed by atoms with E-state index in [1.165, 1.54) is 0 Å². The first-order valence-corrected chi connectivity index (χ1v) is 7.82. The summed E-state index contributed by atoms with van der Waals surface area (Å²) in [7, 11) is 0. The Morgan fingerprint density at radius 3 is 2.96 bits per heavy atom. The van der Waals surface area contributed by atoms with Gasteiger partial charge in [0.15, 0.2) is 5.76 Å². The molecule has 0 bridgehead atoms. The summed E-state index contributed by atoms with van der Waals surface area (Å²) in [6.45, 7) is 2.30. The Labute approximate surface area is 143 Å². The number of oxazole rings is 1. The number of aromatic nitrogens is 4. The average molecular weight is 352 g/mol. The normalized spacial score (nSPS) is 12.5. The van der Waals surface area contributed by atoms with Gasteiger partial charge in [0.05, 0.1) is 21.9 Å². The van der Waals surface area contributed by atoms with Crippen molar-refractivity contribution in [2.24, 2.45) is 5.73 Å². The van der Waals surface area contributed by atoms with E-state index in [1.807, 2.05) is 25.3 Å². The lowest BCUT2D eigenvalue weighted by molar-refractivity contribution is 0.469. The minimum atomic E-state index is 0.0402. The summed E-state index contributed by atoms with van der Waals surface area (Å²) in [5, 5.41) is 9.02. The lowest BCUT2D eigenvalue weighted by Crippen LogP contribution is -2.17. The van der Waals surface area contributed by atoms with Gasteiger partial charge in [-0.05, 0) is 19.1 Å². The van der Waals surface area contributed by atoms with Crippen molar-refractivity contribution in [2.75, 3.05) is 0 Å². The molecular formula is C15H15Cl2N5O. The molecular weight excluding hydrogens is 337 g/mol. The third-order valence-electron chi connectivity index (χ3n) is 3.19. The van der Waals surface area contributed by atoms with Crippen LogP contribution in [0.3, 0.4) is 0 Å². The van der Waals surface area contributed by atoms with Crippen molar-refractivity contribution in [2.45, 2.75) is 25.9 Å². The van der Waals surface area contributed by atoms with Crippen molar-refractivity contribution in [1.29, 1.82) is 0 Å². The molecule has 2 aromatic heterocycles. The first-order valence-electron chi connectivity index (χ1n) is 7.06. The number of nitrogens with zero attached hydrogens (tertiary/aromatic N) is 4. The molecule has 8 heteroatoms. The highest BCUT2D eigenvalue weighted by Gasteiger charge is 2.13. The van der Waals surface area contributed by atoms with Crippen LogP contribution in [0.2, 0.25) is 10.0 Å². The predicted molar refractivity (Wildman–Crippen MR) is 88.4 cm³/mol. The van der Waals surface area contributed by atoms with Gasteiger partial charge in [0.1, 0.15) is 6.54 Å². The minimum absolute atomic E-state index is 0.0402. The van der Waals surface area contributed by atoms with Crippen LogP contribution in [0.1, 0.15) is 18.5 Å². The molecule has 0 saturated heterocycles. The van der Waals surface area contributed by atoms with Gasteiger partial charge < -0.3 is 10.2 Å². The van der Waals surface area contributed by atoms with Gasteiger partial charge >= 0.3 is 0 Å². The van der Waals surface area contributed by atoms with E-state index in [0.29, 0.717) is 40.2 Å². The topological polar surface area (TPSA) is 82.8 Å². The molecule has 1 atom stereocenters. The molecule has 0 fully saturated rings. The Kier molecular flexibility index (Phi) is 4.66. The molecule has 23 heavy (non-hydrogen) atoms. The zero-order valence-electron chi connectivity index (χ0n) is 12.4. The third kappa shape index (κ3) is 3.72. The van der Waals surface area contributed by atoms with Gasteiger partial charge in [-0.25, -0.2) is 9.67 Å². The highest BCUT2D eigenvalue weighted by molar-refractivity contribution is 6.43. The molecule has 0 radical (unpaired) electrons. The second-order valence-electron chi connectivity index (χ2n) is 5.31. The summed E-state index contributed by atoms with van der Waals surface area (Å²) in [4.78, 5) is 4.25. The summed E-state index contributed by atoms with van der Waals surface area (Å²) < 4.78 is 7.39. The molecule has 0 amide bonds. The number of benzene rings is 1. The minimum Gasteiger partial charge on any atom is -0.439 e. The summed E-state index contributed by atoms with van der Waals surface area (Å²) in [6.07, 6.45) is 4.13. The molecule has 0 saturated carbocycles. The van der Waals surface area contributed by atoms with Crippen LogP contribution < -0.4 is 5.73 Å². The molecule has 0 spiro atoms. The van der Waals surface area contributed by atoms with Gasteiger partial charge in [0.25, 0.3) is 0 Å². The molecule has 2 heterocycles. The van der Waals surface area contributed by atoms with Crippen LogP contribution in [-0.4, -0.2) is 26.0 Å². The monoisotopic (exact) mass is 351 g/mol. The van der Waals surface area contributed by atoms with E-state index in [0.717, 1.165) is 5.69 Å². The molecule has 0 aliphatic carbocycles. The van der Waals surface area contributed by atoms with Crippen LogP contribution in [0.5, 0.6) is 0 Å². The van der Waals surface area contributed by atoms with Crippen LogP contribution >= 0.6 is 23.2 Å². The highest BCUT2D eigenvalue weighted by Crippen LogP contribution is 2.33. The summed E-state index contributed by atoms with van der Waals surface area (Å²) in [6, 6.07) is 5.40. The zero-order valence-corrected chi connectivity index (χ0v) is 13.9. The van der Waals surface area contributed by atoms with Gasteiger partial charge in [-0.1, -0.05) is 34.5 Å². The number of rotatable bonds is 5. The number of halogens is 2. The lowest BCUT2D eigenvalue weighted by Gasteiger charge is -2.01. The second-order valence-corrected chi connectivity index (χ2v) is 6.09. The van der Waals surface area contributed by atoms with Crippen LogP contribution in [0.25, 0.3) is 11.3 Å². The predicted octanol–water partition coefficient (Wildman–Crippen LogP) is 3.18. The maximum absolute atomic E-state index is 6.19. The molecule has 120 valence electrons. The highest BCUT2D eigenvalue weighted by atomic mass is 35.5. The van der Waals surface area contributed by atoms with Crippen molar-refractivity contribution < 1.29 is 4.42 Å². The van der Waals surface area contributed by atoms with Gasteiger partial charge in [0, 0.05) is 24.2 Å². The van der Waals surface area contributed by atoms with Gasteiger partial charge in [-0.3, -0.25) is 0 Å². The fraction of sp³-hybridized carbons (Fsp3) is 0.267. The van der Waals surface area contributed by atoms with Crippen LogP contribution in [0.15, 0.2) is 35.0 Å². The maximum Gasteiger partial charge on any atom is 0.216 e. The van der Waals surface area contributed by atoms with Crippen molar-refractivity contribution in [1.82, 2.24) is 20.0 Å². The van der Waals surface area contributed by atoms with E-state index < -0.39 is 0 Å². The summed E-state index contributed by atoms with van der Waals surface area (Å²) in [5.41, 5.74) is 7.29. The average Bonchev–Trinajstić information content (AvgIpc) is 3.12. The molecule has 1 unspecified atom stereocenters. The third-order valence-corrected chi connectivity index (χ3v) is 4.00. The van der Waals surface area contributed by atoms with E-state index in [2.05, 4.69) is 15.3 Å². The number of nitrogens with two attached hydrogens (primary N) is 1. The van der Waals surface area contributed by atoms with E-state index in [1.54, 1.807) is 16.9 Å². The SMILES string of the molecule is CC(N)Cc1cn(Cc2ncc(-c3cccc(Cl)c3Cl)o2)nn1. The number of hydrogen-bond donors (Lipinski definition) is 1. The van der Waals surface area contributed by atoms with Gasteiger partial charge in [-0.15, -0.1) is 5.10 Å². The molecule has 3 aromatic rings. The fourth-order valence-electron chi connectivity index (χ4n) is 2.18. The van der Waals surface area contributed by atoms with E-state index in [9.17, 15) is 0 Å². The maximum atomic E-state index is 6.19. The van der Waals surface area contributed by atoms with E-state index in [-0.39, 0.29) is 6.04 Å². The smallest absolute Gasteiger partial charge is 0.216 e. The molecule has 2 N–H and O–H groups in total. The van der Waals surface area contributed by atoms with E-state index in [4.69, 9.17) is 33.4 Å². The molecule has 0 aliphatic heterocycles. The van der Waals surface area contributed by atoms with E-state index >= 15 is 0 Å². The molecule has 3 rings (SSSR count). The molecule has 1 aromatic carbocycles. The Bertz CT molecular complexity index is 812. The van der Waals surface area contributed by atoms with Crippen LogP contribution in [0.4, 0.5) is 0 Å². The second kappa shape index (κ2) is 6.70. The van der Waals surface area contributed by atoms with Crippen molar-refractivity contribution in [3.8, 4) is 11.3 Å². The Morgan fingerprint density at radius 1 is 1.35 bits per heavy atom. The van der Waals surface area contributed by atoms with Crippen molar-refractivity contribution in [3.63, 3.8) is 0 Å². The van der Waals surface area contributed by atoms with Crippen LogP contribution in [0, 0.1) is 0 Å². The van der Waals surface area contributed by atoms with Crippen molar-refractivity contribution in [3.05, 3.63) is 52.2 Å². The summed E-state index contributed by atoms with van der Waals surface area (Å²) >= 11 is 12.2. The fourth-order valence-corrected chi connectivity index (χ4v) is 2.57. The Hall–Kier alpha value is -1.89. The van der Waals surface area contributed by atoms with Crippen LogP contribution in [-0.2, 0) is 13.0 Å². The Morgan fingerprint density at radius 2 is 2.17 bits per heavy atom. The molecule has 0 aliphatic rings.